The number of halogens is 1. The Hall–Kier alpha value is -1.30. The largest absolute Gasteiger partial charge is 0.352 e. The molecule has 1 aliphatic rings. The predicted octanol–water partition coefficient (Wildman–Crippen LogP) is 1.72. The van der Waals surface area contributed by atoms with Crippen molar-refractivity contribution in [2.24, 2.45) is 5.73 Å². The van der Waals surface area contributed by atoms with Crippen LogP contribution in [-0.2, 0) is 11.3 Å². The van der Waals surface area contributed by atoms with Crippen molar-refractivity contribution < 1.29 is 9.63 Å². The maximum atomic E-state index is 11.0. The quantitative estimate of drug-likeness (QED) is 0.840. The number of hydrogen-bond acceptors (Lipinski definition) is 3. The molecular weight excluding hydrogens is 278 g/mol. The van der Waals surface area contributed by atoms with Gasteiger partial charge in [0.2, 0.25) is 0 Å². The number of amides is 2. The lowest BCUT2D eigenvalue weighted by Gasteiger charge is -2.21. The van der Waals surface area contributed by atoms with E-state index in [1.807, 2.05) is 35.4 Å². The molecule has 0 aromatic heterocycles. The fourth-order valence-electron chi connectivity index (χ4n) is 2.26. The highest BCUT2D eigenvalue weighted by Gasteiger charge is 2.16. The molecule has 1 atom stereocenters. The smallest absolute Gasteiger partial charge is 0.312 e. The van der Waals surface area contributed by atoms with Crippen molar-refractivity contribution in [1.82, 2.24) is 10.4 Å². The third-order valence-corrected chi connectivity index (χ3v) is 3.19. The molecular formula is C14H22ClN3O2. The molecule has 0 unspecified atom stereocenters. The Morgan fingerprint density at radius 1 is 1.30 bits per heavy atom. The van der Waals surface area contributed by atoms with Crippen LogP contribution in [0, 0.1) is 0 Å². The third kappa shape index (κ3) is 5.77. The summed E-state index contributed by atoms with van der Waals surface area (Å²) in [7, 11) is 0. The minimum Gasteiger partial charge on any atom is -0.352 e. The number of carbonyl (C=O) groups is 1. The highest BCUT2D eigenvalue weighted by molar-refractivity contribution is 5.85. The molecule has 1 aromatic carbocycles. The highest BCUT2D eigenvalue weighted by atomic mass is 35.5. The molecule has 1 fully saturated rings. The lowest BCUT2D eigenvalue weighted by atomic mass is 10.1. The van der Waals surface area contributed by atoms with E-state index in [4.69, 9.17) is 10.6 Å². The summed E-state index contributed by atoms with van der Waals surface area (Å²) in [6.07, 6.45) is 3.07. The van der Waals surface area contributed by atoms with Gasteiger partial charge in [-0.1, -0.05) is 30.3 Å². The normalized spacial score (nSPS) is 16.4. The van der Waals surface area contributed by atoms with E-state index in [0.717, 1.165) is 25.1 Å². The number of nitrogens with zero attached hydrogens (tertiary/aromatic N) is 1. The average molecular weight is 300 g/mol. The summed E-state index contributed by atoms with van der Waals surface area (Å²) in [4.78, 5) is 16.7. The fourth-order valence-corrected chi connectivity index (χ4v) is 2.26. The number of hydrogen-bond donors (Lipinski definition) is 2. The van der Waals surface area contributed by atoms with Crippen molar-refractivity contribution in [2.45, 2.75) is 25.3 Å². The molecule has 0 spiro atoms. The number of nitrogens with one attached hydrogen (secondary N) is 1. The van der Waals surface area contributed by atoms with Crippen LogP contribution in [0.4, 0.5) is 4.79 Å². The first kappa shape index (κ1) is 16.8. The highest BCUT2D eigenvalue weighted by Crippen LogP contribution is 2.09. The lowest BCUT2D eigenvalue weighted by Crippen LogP contribution is -2.44. The van der Waals surface area contributed by atoms with Gasteiger partial charge in [-0.15, -0.1) is 12.4 Å². The summed E-state index contributed by atoms with van der Waals surface area (Å²) in [5.41, 5.74) is 6.37. The summed E-state index contributed by atoms with van der Waals surface area (Å²) in [6, 6.07) is 9.40. The van der Waals surface area contributed by atoms with E-state index in [1.54, 1.807) is 0 Å². The van der Waals surface area contributed by atoms with Gasteiger partial charge in [0.15, 0.2) is 0 Å². The van der Waals surface area contributed by atoms with E-state index >= 15 is 0 Å². The number of nitrogens with two attached hydrogens (primary N) is 1. The molecule has 0 radical (unpaired) electrons. The molecule has 1 heterocycles. The zero-order chi connectivity index (χ0) is 13.5. The van der Waals surface area contributed by atoms with Gasteiger partial charge in [0.25, 0.3) is 0 Å². The monoisotopic (exact) mass is 299 g/mol. The Balaban J connectivity index is 0.00000200. The zero-order valence-corrected chi connectivity index (χ0v) is 12.3. The first-order chi connectivity index (χ1) is 9.24. The minimum absolute atomic E-state index is 0. The summed E-state index contributed by atoms with van der Waals surface area (Å²) in [6.45, 7) is 2.39. The van der Waals surface area contributed by atoms with Gasteiger partial charge in [-0.2, -0.15) is 5.06 Å². The van der Waals surface area contributed by atoms with Gasteiger partial charge >= 0.3 is 6.03 Å². The number of urea groups is 1. The van der Waals surface area contributed by atoms with E-state index in [9.17, 15) is 4.79 Å². The van der Waals surface area contributed by atoms with Crippen molar-refractivity contribution in [2.75, 3.05) is 19.7 Å². The summed E-state index contributed by atoms with van der Waals surface area (Å²) in [5, 5.41) is 4.70. The maximum Gasteiger partial charge on any atom is 0.312 e. The molecule has 2 rings (SSSR count). The second-order valence-corrected chi connectivity index (χ2v) is 4.83. The van der Waals surface area contributed by atoms with Gasteiger partial charge in [0.1, 0.15) is 0 Å². The summed E-state index contributed by atoms with van der Waals surface area (Å²) < 4.78 is 0. The van der Waals surface area contributed by atoms with Gasteiger partial charge in [-0.25, -0.2) is 4.79 Å². The Kier molecular flexibility index (Phi) is 7.36. The van der Waals surface area contributed by atoms with Crippen LogP contribution in [-0.4, -0.2) is 36.8 Å². The standard InChI is InChI=1S/C14H21N3O2.ClH/c15-14(18)16-13(10-12-6-2-1-3-7-12)11-19-17-8-4-5-9-17;/h1-3,6-7,13H,4-5,8-11H2,(H3,15,16,18);1H/t13-;/m1./s1. The molecule has 1 saturated heterocycles. The maximum absolute atomic E-state index is 11.0. The number of benzene rings is 1. The van der Waals surface area contributed by atoms with E-state index < -0.39 is 6.03 Å². The van der Waals surface area contributed by atoms with Crippen LogP contribution in [0.1, 0.15) is 18.4 Å². The van der Waals surface area contributed by atoms with Crippen LogP contribution in [0.2, 0.25) is 0 Å². The van der Waals surface area contributed by atoms with Gasteiger partial charge < -0.3 is 11.1 Å². The second kappa shape index (κ2) is 8.79. The topological polar surface area (TPSA) is 67.6 Å². The predicted molar refractivity (Wildman–Crippen MR) is 80.7 cm³/mol. The van der Waals surface area contributed by atoms with Gasteiger partial charge in [-0.3, -0.25) is 4.84 Å². The Morgan fingerprint density at radius 3 is 2.55 bits per heavy atom. The van der Waals surface area contributed by atoms with Crippen LogP contribution in [0.3, 0.4) is 0 Å². The van der Waals surface area contributed by atoms with E-state index in [0.29, 0.717) is 6.61 Å². The number of primary amides is 1. The number of carbonyl (C=O) groups excluding carboxylic acids is 1. The number of hydroxylamine groups is 2. The third-order valence-electron chi connectivity index (χ3n) is 3.19. The molecule has 0 saturated carbocycles. The number of rotatable bonds is 6. The van der Waals surface area contributed by atoms with Crippen molar-refractivity contribution in [3.63, 3.8) is 0 Å². The first-order valence-corrected chi connectivity index (χ1v) is 6.72. The Labute approximate surface area is 125 Å². The zero-order valence-electron chi connectivity index (χ0n) is 11.5. The van der Waals surface area contributed by atoms with Crippen LogP contribution < -0.4 is 11.1 Å². The van der Waals surface area contributed by atoms with Crippen molar-refractivity contribution in [1.29, 1.82) is 0 Å². The molecule has 0 bridgehead atoms. The van der Waals surface area contributed by atoms with Crippen molar-refractivity contribution in [3.8, 4) is 0 Å². The minimum atomic E-state index is -0.508. The van der Waals surface area contributed by atoms with Gasteiger partial charge in [0, 0.05) is 13.1 Å². The van der Waals surface area contributed by atoms with Gasteiger partial charge in [0.05, 0.1) is 12.6 Å². The summed E-state index contributed by atoms with van der Waals surface area (Å²) >= 11 is 0. The van der Waals surface area contributed by atoms with Crippen molar-refractivity contribution in [3.05, 3.63) is 35.9 Å². The van der Waals surface area contributed by atoms with Crippen LogP contribution in [0.5, 0.6) is 0 Å². The van der Waals surface area contributed by atoms with E-state index in [-0.39, 0.29) is 18.4 Å². The van der Waals surface area contributed by atoms with E-state index in [1.165, 1.54) is 12.8 Å². The average Bonchev–Trinajstić information content (AvgIpc) is 2.90. The molecule has 20 heavy (non-hydrogen) atoms. The summed E-state index contributed by atoms with van der Waals surface area (Å²) in [5.74, 6) is 0. The molecule has 1 aromatic rings. The Bertz CT molecular complexity index is 397. The second-order valence-electron chi connectivity index (χ2n) is 4.83. The molecule has 5 nitrogen and oxygen atoms in total. The molecule has 3 N–H and O–H groups in total. The fraction of sp³-hybridized carbons (Fsp3) is 0.500. The van der Waals surface area contributed by atoms with E-state index in [2.05, 4.69) is 5.32 Å². The molecule has 6 heteroatoms. The van der Waals surface area contributed by atoms with Gasteiger partial charge in [-0.05, 0) is 24.8 Å². The first-order valence-electron chi connectivity index (χ1n) is 6.72. The molecule has 2 amide bonds. The molecule has 1 aliphatic heterocycles. The SMILES string of the molecule is Cl.NC(=O)N[C@@H](CON1CCCC1)Cc1ccccc1. The lowest BCUT2D eigenvalue weighted by molar-refractivity contribution is -0.148. The van der Waals surface area contributed by atoms with Crippen LogP contribution in [0.15, 0.2) is 30.3 Å². The van der Waals surface area contributed by atoms with Crippen molar-refractivity contribution >= 4 is 18.4 Å². The molecule has 0 aliphatic carbocycles. The Morgan fingerprint density at radius 2 is 1.95 bits per heavy atom. The van der Waals surface area contributed by atoms with Crippen LogP contribution in [0.25, 0.3) is 0 Å². The van der Waals surface area contributed by atoms with Crippen LogP contribution >= 0.6 is 12.4 Å². The molecule has 112 valence electrons.